The van der Waals surface area contributed by atoms with Crippen LogP contribution in [0.1, 0.15) is 36.7 Å². The Morgan fingerprint density at radius 2 is 1.62 bits per heavy atom. The van der Waals surface area contributed by atoms with Gasteiger partial charge in [-0.15, -0.1) is 0 Å². The molecule has 3 heterocycles. The fourth-order valence-electron chi connectivity index (χ4n) is 5.02. The summed E-state index contributed by atoms with van der Waals surface area (Å²) in [4.78, 5) is 64.9. The van der Waals surface area contributed by atoms with E-state index in [-0.39, 0.29) is 51.3 Å². The van der Waals surface area contributed by atoms with Gasteiger partial charge in [-0.2, -0.15) is 21.6 Å². The molecule has 2 aromatic rings. The third kappa shape index (κ3) is 13.5. The molecule has 288 valence electrons. The SMILES string of the molecule is CCOC(=O)N1CCN(C(=O)[C@H](CCC(=O)O)NC(=O)c2cc(NCCCN3CCOCC3)nc(-c3ccccc3)n2)CC1.O=S(=O)(O)C(F)(F)F. The molecule has 17 nitrogen and oxygen atoms in total. The minimum atomic E-state index is -5.84. The maximum absolute atomic E-state index is 13.5. The van der Waals surface area contributed by atoms with Crippen molar-refractivity contribution in [3.63, 3.8) is 0 Å². The van der Waals surface area contributed by atoms with E-state index in [2.05, 4.69) is 25.5 Å². The number of ether oxygens (including phenoxy) is 2. The van der Waals surface area contributed by atoms with Crippen LogP contribution in [0.4, 0.5) is 23.8 Å². The maximum atomic E-state index is 13.5. The summed E-state index contributed by atoms with van der Waals surface area (Å²) < 4.78 is 68.0. The lowest BCUT2D eigenvalue weighted by Gasteiger charge is -2.35. The minimum Gasteiger partial charge on any atom is -0.481 e. The van der Waals surface area contributed by atoms with E-state index in [4.69, 9.17) is 22.4 Å². The number of aliphatic carboxylic acids is 1. The fourth-order valence-corrected chi connectivity index (χ4v) is 5.02. The molecule has 4 rings (SSSR count). The van der Waals surface area contributed by atoms with Crippen LogP contribution in [0, 0.1) is 0 Å². The van der Waals surface area contributed by atoms with E-state index in [9.17, 15) is 37.5 Å². The topological polar surface area (TPSA) is 221 Å². The number of rotatable bonds is 13. The predicted octanol–water partition coefficient (Wildman–Crippen LogP) is 1.94. The summed E-state index contributed by atoms with van der Waals surface area (Å²) in [5, 5.41) is 15.3. The van der Waals surface area contributed by atoms with Crippen LogP contribution in [0.5, 0.6) is 0 Å². The molecule has 0 saturated carbocycles. The number of carbonyl (C=O) groups excluding carboxylic acids is 3. The molecule has 2 saturated heterocycles. The van der Waals surface area contributed by atoms with Crippen molar-refractivity contribution in [2.24, 2.45) is 0 Å². The number of morpholine rings is 1. The first-order valence-corrected chi connectivity index (χ1v) is 17.8. The van der Waals surface area contributed by atoms with Crippen molar-refractivity contribution in [2.45, 2.75) is 37.7 Å². The Hall–Kier alpha value is -4.60. The molecule has 1 atom stereocenters. The van der Waals surface area contributed by atoms with Crippen LogP contribution in [-0.4, -0.2) is 150 Å². The number of carboxylic acid groups (broad SMARTS) is 1. The number of hydrogen-bond donors (Lipinski definition) is 4. The molecule has 52 heavy (non-hydrogen) atoms. The number of piperazine rings is 1. The number of carboxylic acids is 1. The summed E-state index contributed by atoms with van der Waals surface area (Å²) in [7, 11) is -5.84. The van der Waals surface area contributed by atoms with Crippen LogP contribution in [0.2, 0.25) is 0 Å². The summed E-state index contributed by atoms with van der Waals surface area (Å²) in [5.41, 5.74) is -4.77. The highest BCUT2D eigenvalue weighted by molar-refractivity contribution is 7.86. The van der Waals surface area contributed by atoms with Gasteiger partial charge in [0.25, 0.3) is 5.91 Å². The van der Waals surface area contributed by atoms with Crippen LogP contribution in [-0.2, 0) is 29.2 Å². The quantitative estimate of drug-likeness (QED) is 0.130. The molecule has 2 aliphatic heterocycles. The van der Waals surface area contributed by atoms with Gasteiger partial charge in [0.05, 0.1) is 19.8 Å². The zero-order chi connectivity index (χ0) is 38.3. The smallest absolute Gasteiger partial charge is 0.481 e. The van der Waals surface area contributed by atoms with Gasteiger partial charge in [-0.1, -0.05) is 30.3 Å². The van der Waals surface area contributed by atoms with E-state index in [1.54, 1.807) is 6.92 Å². The Labute approximate surface area is 298 Å². The first-order chi connectivity index (χ1) is 24.6. The molecule has 0 spiro atoms. The van der Waals surface area contributed by atoms with Crippen molar-refractivity contribution < 1.29 is 59.9 Å². The molecule has 0 unspecified atom stereocenters. The first kappa shape index (κ1) is 41.8. The average Bonchev–Trinajstić information content (AvgIpc) is 3.11. The van der Waals surface area contributed by atoms with Crippen molar-refractivity contribution in [3.8, 4) is 11.4 Å². The summed E-state index contributed by atoms with van der Waals surface area (Å²) in [6.07, 6.45) is 0.00995. The van der Waals surface area contributed by atoms with E-state index in [1.165, 1.54) is 15.9 Å². The summed E-state index contributed by atoms with van der Waals surface area (Å²) in [6, 6.07) is 9.70. The van der Waals surface area contributed by atoms with Crippen molar-refractivity contribution in [3.05, 3.63) is 42.1 Å². The molecule has 1 aromatic heterocycles. The Kier molecular flexibility index (Phi) is 16.0. The highest BCUT2D eigenvalue weighted by Crippen LogP contribution is 2.21. The van der Waals surface area contributed by atoms with E-state index in [0.717, 1.165) is 44.8 Å². The Morgan fingerprint density at radius 3 is 2.19 bits per heavy atom. The van der Waals surface area contributed by atoms with Crippen molar-refractivity contribution in [1.29, 1.82) is 0 Å². The normalized spacial score (nSPS) is 15.9. The molecule has 0 bridgehead atoms. The standard InChI is InChI=1S/C30H41N7O7.CHF3O3S/c1-2-44-30(42)37-15-13-36(14-16-37)29(41)23(9-10-26(38)39)33-28(40)24-21-25(31-11-6-12-35-17-19-43-20-18-35)34-27(32-24)22-7-4-3-5-8-22;2-1(3,4)8(5,6)7/h3-5,7-8,21,23H,2,6,9-20H2,1H3,(H,33,40)(H,38,39)(H,31,32,34);(H,5,6,7)/t23-;/m0./s1. The second kappa shape index (κ2) is 19.9. The minimum absolute atomic E-state index is 0.0507. The maximum Gasteiger partial charge on any atom is 0.522 e. The molecule has 2 aliphatic rings. The molecule has 2 fully saturated rings. The van der Waals surface area contributed by atoms with Gasteiger partial charge in [0, 0.05) is 63.9 Å². The third-order valence-electron chi connectivity index (χ3n) is 7.71. The van der Waals surface area contributed by atoms with Gasteiger partial charge in [0.2, 0.25) is 5.91 Å². The van der Waals surface area contributed by atoms with Gasteiger partial charge in [-0.05, 0) is 26.3 Å². The zero-order valence-electron chi connectivity index (χ0n) is 28.4. The monoisotopic (exact) mass is 761 g/mol. The third-order valence-corrected chi connectivity index (χ3v) is 8.30. The number of nitrogens with zero attached hydrogens (tertiary/aromatic N) is 5. The average molecular weight is 762 g/mol. The van der Waals surface area contributed by atoms with Crippen LogP contribution >= 0.6 is 0 Å². The lowest BCUT2D eigenvalue weighted by Crippen LogP contribution is -2.56. The highest BCUT2D eigenvalue weighted by Gasteiger charge is 2.44. The summed E-state index contributed by atoms with van der Waals surface area (Å²) in [5.74, 6) is -1.30. The number of carbonyl (C=O) groups is 4. The van der Waals surface area contributed by atoms with Crippen molar-refractivity contribution >= 4 is 39.8 Å². The number of hydrogen-bond acceptors (Lipinski definition) is 12. The summed E-state index contributed by atoms with van der Waals surface area (Å²) in [6.45, 7) is 7.80. The lowest BCUT2D eigenvalue weighted by molar-refractivity contribution is -0.138. The Bertz CT molecular complexity index is 1610. The molecular weight excluding hydrogens is 719 g/mol. The zero-order valence-corrected chi connectivity index (χ0v) is 29.2. The number of aromatic nitrogens is 2. The van der Waals surface area contributed by atoms with Crippen molar-refractivity contribution in [2.75, 3.05) is 77.5 Å². The number of benzene rings is 1. The number of anilines is 1. The van der Waals surface area contributed by atoms with E-state index in [0.29, 0.717) is 18.2 Å². The molecule has 0 radical (unpaired) electrons. The fraction of sp³-hybridized carbons (Fsp3) is 0.548. The van der Waals surface area contributed by atoms with Crippen LogP contribution in [0.25, 0.3) is 11.4 Å². The lowest BCUT2D eigenvalue weighted by atomic mass is 10.1. The van der Waals surface area contributed by atoms with E-state index < -0.39 is 45.5 Å². The van der Waals surface area contributed by atoms with E-state index in [1.807, 2.05) is 30.3 Å². The van der Waals surface area contributed by atoms with Crippen LogP contribution < -0.4 is 10.6 Å². The van der Waals surface area contributed by atoms with Gasteiger partial charge in [0.15, 0.2) is 5.82 Å². The first-order valence-electron chi connectivity index (χ1n) is 16.3. The number of alkyl halides is 3. The van der Waals surface area contributed by atoms with Gasteiger partial charge < -0.3 is 35.0 Å². The van der Waals surface area contributed by atoms with Gasteiger partial charge >= 0.3 is 27.7 Å². The summed E-state index contributed by atoms with van der Waals surface area (Å²) >= 11 is 0. The molecule has 4 N–H and O–H groups in total. The Balaban J connectivity index is 0.000000815. The number of nitrogens with one attached hydrogen (secondary N) is 2. The van der Waals surface area contributed by atoms with Crippen LogP contribution in [0.3, 0.4) is 0 Å². The van der Waals surface area contributed by atoms with Gasteiger partial charge in [0.1, 0.15) is 17.6 Å². The molecular formula is C31H42F3N7O10S. The highest BCUT2D eigenvalue weighted by atomic mass is 32.2. The number of amides is 3. The van der Waals surface area contributed by atoms with E-state index >= 15 is 0 Å². The van der Waals surface area contributed by atoms with Gasteiger partial charge in [-0.25, -0.2) is 14.8 Å². The predicted molar refractivity (Wildman–Crippen MR) is 179 cm³/mol. The van der Waals surface area contributed by atoms with Crippen molar-refractivity contribution in [1.82, 2.24) is 30.0 Å². The Morgan fingerprint density at radius 1 is 1.00 bits per heavy atom. The molecule has 21 heteroatoms. The molecule has 3 amide bonds. The second-order valence-electron chi connectivity index (χ2n) is 11.5. The van der Waals surface area contributed by atoms with Crippen LogP contribution in [0.15, 0.2) is 36.4 Å². The van der Waals surface area contributed by atoms with Gasteiger partial charge in [-0.3, -0.25) is 23.8 Å². The molecule has 1 aromatic carbocycles. The number of halogens is 3. The molecule has 0 aliphatic carbocycles. The largest absolute Gasteiger partial charge is 0.522 e. The second-order valence-corrected chi connectivity index (χ2v) is 12.9.